The summed E-state index contributed by atoms with van der Waals surface area (Å²) in [7, 11) is 1.61. The number of phenolic OH excluding ortho intramolecular Hbond substituents is 2. The van der Waals surface area contributed by atoms with E-state index in [-0.39, 0.29) is 12.0 Å². The molecule has 0 fully saturated rings. The Hall–Kier alpha value is -4.90. The molecule has 0 aliphatic heterocycles. The molecular formula is C33H38N4O7. The van der Waals surface area contributed by atoms with Crippen LogP contribution in [-0.2, 0) is 29.5 Å². The number of nitrogens with zero attached hydrogens (tertiary/aromatic N) is 2. The molecule has 4 rings (SSSR count). The van der Waals surface area contributed by atoms with Gasteiger partial charge in [-0.1, -0.05) is 31.2 Å². The number of aromatic nitrogens is 2. The summed E-state index contributed by atoms with van der Waals surface area (Å²) in [5, 5.41) is 26.6. The molecule has 11 heteroatoms. The van der Waals surface area contributed by atoms with E-state index in [2.05, 4.69) is 24.5 Å². The fourth-order valence-electron chi connectivity index (χ4n) is 4.80. The zero-order valence-corrected chi connectivity index (χ0v) is 25.5. The highest BCUT2D eigenvalue weighted by Crippen LogP contribution is 2.26. The maximum absolute atomic E-state index is 13.6. The predicted molar refractivity (Wildman–Crippen MR) is 167 cm³/mol. The minimum atomic E-state index is -1.16. The Bertz CT molecular complexity index is 1770. The van der Waals surface area contributed by atoms with Gasteiger partial charge in [0.25, 0.3) is 11.5 Å². The second kappa shape index (κ2) is 13.6. The van der Waals surface area contributed by atoms with Gasteiger partial charge in [-0.3, -0.25) is 14.2 Å². The van der Waals surface area contributed by atoms with E-state index in [0.29, 0.717) is 34.7 Å². The summed E-state index contributed by atoms with van der Waals surface area (Å²) in [6.45, 7) is 8.11. The van der Waals surface area contributed by atoms with Crippen molar-refractivity contribution in [2.75, 3.05) is 0 Å². The minimum absolute atomic E-state index is 0.00308. The van der Waals surface area contributed by atoms with Crippen LogP contribution in [0.5, 0.6) is 11.5 Å². The lowest BCUT2D eigenvalue weighted by molar-refractivity contribution is -0.149. The fourth-order valence-corrected chi connectivity index (χ4v) is 4.80. The number of aryl methyl sites for hydroxylation is 1. The van der Waals surface area contributed by atoms with Gasteiger partial charge in [0.2, 0.25) is 0 Å². The number of fused-ring (bicyclic) bond motifs is 1. The molecule has 4 N–H and O–H groups in total. The second-order valence-electron chi connectivity index (χ2n) is 11.1. The number of carbonyl (C=O) groups excluding carboxylic acids is 2. The van der Waals surface area contributed by atoms with Crippen molar-refractivity contribution in [3.8, 4) is 17.2 Å². The quantitative estimate of drug-likeness (QED) is 0.191. The highest BCUT2D eigenvalue weighted by Gasteiger charge is 2.27. The van der Waals surface area contributed by atoms with E-state index in [9.17, 15) is 29.4 Å². The third-order valence-corrected chi connectivity index (χ3v) is 7.42. The standard InChI is InChI=1S/C33H38N4O7/c1-6-20(4)34-18-22-12-15-26-24(16-22)31(41)37(33(43)36(26)5)23-13-10-21(11-14-23)17-25(32(42)44-19(2)3)35-30(40)29-27(38)8-7-9-28(29)39/h7-16,19-20,25,34,38-39H,6,17-18H2,1-5H3,(H,35,40)/t20?,25-/m0/s1. The van der Waals surface area contributed by atoms with Gasteiger partial charge in [0.05, 0.1) is 22.7 Å². The summed E-state index contributed by atoms with van der Waals surface area (Å²) in [6, 6.07) is 15.0. The van der Waals surface area contributed by atoms with Gasteiger partial charge >= 0.3 is 11.7 Å². The lowest BCUT2D eigenvalue weighted by Gasteiger charge is -2.20. The molecular weight excluding hydrogens is 564 g/mol. The van der Waals surface area contributed by atoms with Crippen molar-refractivity contribution in [2.24, 2.45) is 7.05 Å². The number of carbonyl (C=O) groups is 2. The number of rotatable bonds is 11. The Kier molecular flexibility index (Phi) is 9.90. The first-order valence-electron chi connectivity index (χ1n) is 14.5. The summed E-state index contributed by atoms with van der Waals surface area (Å²) >= 11 is 0. The van der Waals surface area contributed by atoms with E-state index < -0.39 is 46.8 Å². The van der Waals surface area contributed by atoms with Crippen molar-refractivity contribution in [2.45, 2.75) is 65.3 Å². The summed E-state index contributed by atoms with van der Waals surface area (Å²) in [5.41, 5.74) is 1.07. The van der Waals surface area contributed by atoms with Crippen molar-refractivity contribution in [1.82, 2.24) is 19.8 Å². The van der Waals surface area contributed by atoms with Gasteiger partial charge in [0, 0.05) is 26.1 Å². The Morgan fingerprint density at radius 2 is 1.57 bits per heavy atom. The van der Waals surface area contributed by atoms with Crippen LogP contribution in [0.15, 0.2) is 70.3 Å². The summed E-state index contributed by atoms with van der Waals surface area (Å²) in [4.78, 5) is 52.7. The van der Waals surface area contributed by atoms with Crippen molar-refractivity contribution in [3.63, 3.8) is 0 Å². The van der Waals surface area contributed by atoms with Crippen LogP contribution >= 0.6 is 0 Å². The smallest absolute Gasteiger partial charge is 0.335 e. The molecule has 1 aromatic heterocycles. The van der Waals surface area contributed by atoms with Crippen LogP contribution in [-0.4, -0.2) is 49.4 Å². The molecule has 2 atom stereocenters. The Balaban J connectivity index is 1.64. The molecule has 0 saturated carbocycles. The number of benzene rings is 3. The average Bonchev–Trinajstić information content (AvgIpc) is 2.98. The number of nitrogens with one attached hydrogen (secondary N) is 2. The first-order chi connectivity index (χ1) is 20.9. The first-order valence-corrected chi connectivity index (χ1v) is 14.5. The van der Waals surface area contributed by atoms with Crippen LogP contribution in [0.4, 0.5) is 0 Å². The molecule has 11 nitrogen and oxygen atoms in total. The zero-order chi connectivity index (χ0) is 32.1. The van der Waals surface area contributed by atoms with Gasteiger partial charge < -0.3 is 25.6 Å². The molecule has 0 aliphatic carbocycles. The molecule has 0 radical (unpaired) electrons. The number of hydrogen-bond acceptors (Lipinski definition) is 8. The Morgan fingerprint density at radius 3 is 2.18 bits per heavy atom. The largest absolute Gasteiger partial charge is 0.507 e. The second-order valence-corrected chi connectivity index (χ2v) is 11.1. The van der Waals surface area contributed by atoms with Crippen molar-refractivity contribution >= 4 is 22.8 Å². The summed E-state index contributed by atoms with van der Waals surface area (Å²) < 4.78 is 7.87. The zero-order valence-electron chi connectivity index (χ0n) is 25.5. The van der Waals surface area contributed by atoms with Crippen molar-refractivity contribution in [3.05, 3.63) is 98.2 Å². The van der Waals surface area contributed by atoms with Crippen LogP contribution in [0.1, 0.15) is 55.6 Å². The van der Waals surface area contributed by atoms with Gasteiger partial charge in [-0.15, -0.1) is 0 Å². The third kappa shape index (κ3) is 7.00. The molecule has 3 aromatic carbocycles. The predicted octanol–water partition coefficient (Wildman–Crippen LogP) is 3.28. The van der Waals surface area contributed by atoms with Crippen molar-refractivity contribution in [1.29, 1.82) is 0 Å². The van der Waals surface area contributed by atoms with Gasteiger partial charge in [0.1, 0.15) is 23.1 Å². The Labute approximate surface area is 254 Å². The molecule has 0 bridgehead atoms. The number of aromatic hydroxyl groups is 2. The van der Waals surface area contributed by atoms with Crippen LogP contribution < -0.4 is 21.9 Å². The van der Waals surface area contributed by atoms with Crippen LogP contribution in [0.25, 0.3) is 16.6 Å². The number of ether oxygens (including phenoxy) is 1. The topological polar surface area (TPSA) is 152 Å². The lowest BCUT2D eigenvalue weighted by Crippen LogP contribution is -2.44. The molecule has 232 valence electrons. The normalized spacial score (nSPS) is 12.7. The first kappa shape index (κ1) is 32.0. The summed E-state index contributed by atoms with van der Waals surface area (Å²) in [5.74, 6) is -2.44. The van der Waals surface area contributed by atoms with Crippen LogP contribution in [0.3, 0.4) is 0 Å². The molecule has 44 heavy (non-hydrogen) atoms. The van der Waals surface area contributed by atoms with Gasteiger partial charge in [-0.2, -0.15) is 0 Å². The van der Waals surface area contributed by atoms with Crippen LogP contribution in [0.2, 0.25) is 0 Å². The maximum atomic E-state index is 13.6. The highest BCUT2D eigenvalue weighted by molar-refractivity contribution is 6.01. The highest BCUT2D eigenvalue weighted by atomic mass is 16.5. The van der Waals surface area contributed by atoms with E-state index in [1.807, 2.05) is 6.07 Å². The molecule has 0 spiro atoms. The monoisotopic (exact) mass is 602 g/mol. The van der Waals surface area contributed by atoms with Gasteiger partial charge in [-0.05, 0) is 74.7 Å². The number of hydrogen-bond donors (Lipinski definition) is 4. The Morgan fingerprint density at radius 1 is 0.932 bits per heavy atom. The lowest BCUT2D eigenvalue weighted by atomic mass is 10.0. The van der Waals surface area contributed by atoms with E-state index in [1.54, 1.807) is 57.3 Å². The van der Waals surface area contributed by atoms with E-state index in [4.69, 9.17) is 4.74 Å². The molecule has 0 aliphatic rings. The molecule has 1 amide bonds. The molecule has 1 heterocycles. The van der Waals surface area contributed by atoms with Gasteiger partial charge in [0.15, 0.2) is 0 Å². The molecule has 1 unspecified atom stereocenters. The van der Waals surface area contributed by atoms with Gasteiger partial charge in [-0.25, -0.2) is 14.2 Å². The number of esters is 1. The summed E-state index contributed by atoms with van der Waals surface area (Å²) in [6.07, 6.45) is 0.519. The SMILES string of the molecule is CCC(C)NCc1ccc2c(c1)c(=O)n(-c1ccc(C[C@H](NC(=O)c3c(O)cccc3O)C(=O)OC(C)C)cc1)c(=O)n2C. The fraction of sp³-hybridized carbons (Fsp3) is 0.333. The van der Waals surface area contributed by atoms with E-state index in [1.165, 1.54) is 22.8 Å². The van der Waals surface area contributed by atoms with Crippen molar-refractivity contribution < 1.29 is 24.5 Å². The minimum Gasteiger partial charge on any atom is -0.507 e. The van der Waals surface area contributed by atoms with E-state index in [0.717, 1.165) is 16.6 Å². The average molecular weight is 603 g/mol. The maximum Gasteiger partial charge on any atom is 0.335 e. The molecule has 4 aromatic rings. The third-order valence-electron chi connectivity index (χ3n) is 7.42. The van der Waals surface area contributed by atoms with Crippen LogP contribution in [0, 0.1) is 0 Å². The van der Waals surface area contributed by atoms with E-state index >= 15 is 0 Å². The number of amides is 1. The number of phenols is 2. The molecule has 0 saturated heterocycles.